The van der Waals surface area contributed by atoms with Crippen molar-refractivity contribution in [3.8, 4) is 0 Å². The van der Waals surface area contributed by atoms with E-state index in [1.165, 1.54) is 11.8 Å². The van der Waals surface area contributed by atoms with Crippen LogP contribution in [0.3, 0.4) is 0 Å². The Balaban J connectivity index is 2.58. The van der Waals surface area contributed by atoms with Gasteiger partial charge >= 0.3 is 0 Å². The van der Waals surface area contributed by atoms with Gasteiger partial charge in [0.1, 0.15) is 0 Å². The number of carbonyl (C=O) groups excluding carboxylic acids is 2. The molecule has 1 heterocycles. The van der Waals surface area contributed by atoms with Crippen LogP contribution in [0.1, 0.15) is 15.9 Å². The molecule has 0 saturated heterocycles. The van der Waals surface area contributed by atoms with Crippen molar-refractivity contribution >= 4 is 23.2 Å². The Kier molecular flexibility index (Phi) is 1.73. The monoisotopic (exact) mass is 178 g/mol. The number of hydrogen-bond acceptors (Lipinski definition) is 3. The molecule has 0 bridgehead atoms. The summed E-state index contributed by atoms with van der Waals surface area (Å²) in [6.45, 7) is 0. The molecule has 0 saturated carbocycles. The molecule has 0 atom stereocenters. The molecule has 0 aliphatic carbocycles. The Bertz CT molecular complexity index is 358. The van der Waals surface area contributed by atoms with Crippen molar-refractivity contribution in [2.45, 2.75) is 11.3 Å². The number of fused-ring (bicyclic) bond motifs is 1. The Hall–Kier alpha value is -1.09. The topological polar surface area (TPSA) is 34.1 Å². The first-order valence-electron chi connectivity index (χ1n) is 3.59. The fourth-order valence-electron chi connectivity index (χ4n) is 1.27. The van der Waals surface area contributed by atoms with Gasteiger partial charge in [-0.25, -0.2) is 0 Å². The molecule has 2 nitrogen and oxygen atoms in total. The maximum Gasteiger partial charge on any atom is 0.198 e. The van der Waals surface area contributed by atoms with Crippen molar-refractivity contribution in [1.82, 2.24) is 0 Å². The summed E-state index contributed by atoms with van der Waals surface area (Å²) in [5, 5.41) is 0.124. The number of thioether (sulfide) groups is 1. The van der Waals surface area contributed by atoms with E-state index in [1.807, 2.05) is 12.1 Å². The zero-order chi connectivity index (χ0) is 8.55. The van der Waals surface area contributed by atoms with Crippen molar-refractivity contribution in [2.24, 2.45) is 0 Å². The Morgan fingerprint density at radius 2 is 2.25 bits per heavy atom. The van der Waals surface area contributed by atoms with Gasteiger partial charge in [0.2, 0.25) is 0 Å². The molecule has 1 aliphatic heterocycles. The first-order chi connectivity index (χ1) is 5.81. The highest BCUT2D eigenvalue weighted by atomic mass is 32.2. The minimum atomic E-state index is 0.124. The molecule has 2 rings (SSSR count). The Morgan fingerprint density at radius 1 is 1.42 bits per heavy atom. The predicted octanol–water partition coefficient (Wildman–Crippen LogP) is 1.67. The van der Waals surface area contributed by atoms with E-state index in [2.05, 4.69) is 0 Å². The molecule has 1 aromatic carbocycles. The van der Waals surface area contributed by atoms with E-state index in [-0.39, 0.29) is 5.12 Å². The Morgan fingerprint density at radius 3 is 3.00 bits per heavy atom. The van der Waals surface area contributed by atoms with Crippen LogP contribution in [0, 0.1) is 0 Å². The highest BCUT2D eigenvalue weighted by Crippen LogP contribution is 2.34. The number of hydrogen-bond donors (Lipinski definition) is 0. The fourth-order valence-corrected chi connectivity index (χ4v) is 2.23. The summed E-state index contributed by atoms with van der Waals surface area (Å²) in [6.07, 6.45) is 1.26. The van der Waals surface area contributed by atoms with Crippen LogP contribution < -0.4 is 0 Å². The van der Waals surface area contributed by atoms with Gasteiger partial charge < -0.3 is 0 Å². The lowest BCUT2D eigenvalue weighted by atomic mass is 10.1. The molecule has 0 fully saturated rings. The first kappa shape index (κ1) is 7.55. The standard InChI is InChI=1S/C9H6O2S/c10-5-7-3-1-2-6-4-8(11)12-9(6)7/h1-3,5H,4H2. The highest BCUT2D eigenvalue weighted by molar-refractivity contribution is 8.14. The molecule has 3 heteroatoms. The number of carbonyl (C=O) groups is 2. The SMILES string of the molecule is O=Cc1cccc2c1SC(=O)C2. The molecular weight excluding hydrogens is 172 g/mol. The maximum atomic E-state index is 11.0. The van der Waals surface area contributed by atoms with Gasteiger partial charge in [-0.1, -0.05) is 30.0 Å². The third kappa shape index (κ3) is 1.06. The Labute approximate surface area is 74.0 Å². The average molecular weight is 178 g/mol. The quantitative estimate of drug-likeness (QED) is 0.613. The van der Waals surface area contributed by atoms with Crippen LogP contribution in [0.2, 0.25) is 0 Å². The minimum absolute atomic E-state index is 0.124. The smallest absolute Gasteiger partial charge is 0.198 e. The largest absolute Gasteiger partial charge is 0.298 e. The molecule has 0 N–H and O–H groups in total. The lowest BCUT2D eigenvalue weighted by Gasteiger charge is -1.97. The first-order valence-corrected chi connectivity index (χ1v) is 4.40. The summed E-state index contributed by atoms with van der Waals surface area (Å²) >= 11 is 1.17. The molecule has 12 heavy (non-hydrogen) atoms. The zero-order valence-corrected chi connectivity index (χ0v) is 7.06. The molecule has 0 aromatic heterocycles. The van der Waals surface area contributed by atoms with E-state index in [4.69, 9.17) is 0 Å². The van der Waals surface area contributed by atoms with Crippen molar-refractivity contribution in [1.29, 1.82) is 0 Å². The third-order valence-electron chi connectivity index (χ3n) is 1.80. The summed E-state index contributed by atoms with van der Waals surface area (Å²) in [5.74, 6) is 0. The molecule has 0 unspecified atom stereocenters. The van der Waals surface area contributed by atoms with E-state index in [0.717, 1.165) is 16.7 Å². The van der Waals surface area contributed by atoms with E-state index in [0.29, 0.717) is 12.0 Å². The van der Waals surface area contributed by atoms with Crippen LogP contribution in [0.15, 0.2) is 23.1 Å². The van der Waals surface area contributed by atoms with Gasteiger partial charge in [-0.2, -0.15) is 0 Å². The van der Waals surface area contributed by atoms with E-state index in [9.17, 15) is 9.59 Å². The molecule has 0 amide bonds. The van der Waals surface area contributed by atoms with E-state index >= 15 is 0 Å². The van der Waals surface area contributed by atoms with Gasteiger partial charge in [0.25, 0.3) is 0 Å². The summed E-state index contributed by atoms with van der Waals surface area (Å²) in [7, 11) is 0. The predicted molar refractivity (Wildman–Crippen MR) is 46.4 cm³/mol. The van der Waals surface area contributed by atoms with Gasteiger partial charge in [-0.15, -0.1) is 0 Å². The second kappa shape index (κ2) is 2.75. The summed E-state index contributed by atoms with van der Waals surface area (Å²) in [5.41, 5.74) is 1.61. The van der Waals surface area contributed by atoms with Crippen LogP contribution in [0.4, 0.5) is 0 Å². The molecule has 1 aliphatic rings. The van der Waals surface area contributed by atoms with E-state index in [1.54, 1.807) is 6.07 Å². The van der Waals surface area contributed by atoms with Gasteiger partial charge in [0, 0.05) is 16.9 Å². The normalized spacial score (nSPS) is 14.5. The van der Waals surface area contributed by atoms with Gasteiger partial charge in [0.15, 0.2) is 11.4 Å². The number of benzene rings is 1. The molecule has 0 spiro atoms. The number of rotatable bonds is 1. The van der Waals surface area contributed by atoms with Gasteiger partial charge in [-0.05, 0) is 5.56 Å². The van der Waals surface area contributed by atoms with Crippen molar-refractivity contribution in [3.05, 3.63) is 29.3 Å². The van der Waals surface area contributed by atoms with Crippen molar-refractivity contribution in [3.63, 3.8) is 0 Å². The zero-order valence-electron chi connectivity index (χ0n) is 6.24. The van der Waals surface area contributed by atoms with Gasteiger partial charge in [0.05, 0.1) is 0 Å². The van der Waals surface area contributed by atoms with Crippen LogP contribution in [0.25, 0.3) is 0 Å². The molecular formula is C9H6O2S. The fraction of sp³-hybridized carbons (Fsp3) is 0.111. The second-order valence-electron chi connectivity index (χ2n) is 2.60. The van der Waals surface area contributed by atoms with Crippen molar-refractivity contribution < 1.29 is 9.59 Å². The highest BCUT2D eigenvalue weighted by Gasteiger charge is 2.21. The van der Waals surface area contributed by atoms with Gasteiger partial charge in [-0.3, -0.25) is 9.59 Å². The average Bonchev–Trinajstić information content (AvgIpc) is 2.44. The summed E-state index contributed by atoms with van der Waals surface area (Å²) in [4.78, 5) is 22.4. The minimum Gasteiger partial charge on any atom is -0.298 e. The summed E-state index contributed by atoms with van der Waals surface area (Å²) < 4.78 is 0. The third-order valence-corrected chi connectivity index (χ3v) is 2.88. The van der Waals surface area contributed by atoms with Crippen LogP contribution >= 0.6 is 11.8 Å². The summed E-state index contributed by atoms with van der Waals surface area (Å²) in [6, 6.07) is 5.43. The molecule has 0 radical (unpaired) electrons. The second-order valence-corrected chi connectivity index (χ2v) is 3.67. The molecule has 60 valence electrons. The van der Waals surface area contributed by atoms with Crippen LogP contribution in [-0.4, -0.2) is 11.4 Å². The lowest BCUT2D eigenvalue weighted by Crippen LogP contribution is -1.87. The number of aldehydes is 1. The van der Waals surface area contributed by atoms with Crippen molar-refractivity contribution in [2.75, 3.05) is 0 Å². The maximum absolute atomic E-state index is 11.0. The van der Waals surface area contributed by atoms with Crippen LogP contribution in [0.5, 0.6) is 0 Å². The van der Waals surface area contributed by atoms with Crippen LogP contribution in [-0.2, 0) is 11.2 Å². The van der Waals surface area contributed by atoms with E-state index < -0.39 is 0 Å². The lowest BCUT2D eigenvalue weighted by molar-refractivity contribution is -0.110. The molecule has 1 aromatic rings.